The average molecular weight is 484 g/mol. The number of nitriles is 1. The fourth-order valence-electron chi connectivity index (χ4n) is 6.52. The minimum absolute atomic E-state index is 0.343. The van der Waals surface area contributed by atoms with Crippen LogP contribution in [0.2, 0.25) is 0 Å². The standard InChI is InChI=1S/C29H29N3O4/c1-32(21-12-13-21)17-22-25(19-6-4-3-5-7-19)29(20-10-8-18(14-30)9-11-20)28(34,27(22)33)26-23(35-2)15-31-16-24(26)36-29/h3-11,15-16,21-22,25,27,33-34H,12-13,17H2,1-2H3/t22-,25-,27-,28+,29+/m1/s1. The summed E-state index contributed by atoms with van der Waals surface area (Å²) >= 11 is 0. The molecular weight excluding hydrogens is 454 g/mol. The van der Waals surface area contributed by atoms with Crippen LogP contribution in [0.5, 0.6) is 11.5 Å². The second-order valence-electron chi connectivity index (χ2n) is 10.2. The maximum atomic E-state index is 12.8. The number of aliphatic hydroxyl groups is 2. The lowest BCUT2D eigenvalue weighted by atomic mass is 9.70. The molecule has 2 fully saturated rings. The molecule has 3 aliphatic rings. The van der Waals surface area contributed by atoms with Gasteiger partial charge in [-0.2, -0.15) is 5.26 Å². The normalized spacial score (nSPS) is 30.4. The van der Waals surface area contributed by atoms with Gasteiger partial charge in [0.1, 0.15) is 11.5 Å². The highest BCUT2D eigenvalue weighted by Gasteiger charge is 2.76. The highest BCUT2D eigenvalue weighted by atomic mass is 16.5. The van der Waals surface area contributed by atoms with Gasteiger partial charge in [-0.1, -0.05) is 42.5 Å². The Morgan fingerprint density at radius 2 is 1.86 bits per heavy atom. The molecule has 1 aliphatic heterocycles. The lowest BCUT2D eigenvalue weighted by Gasteiger charge is -2.41. The maximum Gasteiger partial charge on any atom is 0.177 e. The van der Waals surface area contributed by atoms with E-state index >= 15 is 0 Å². The summed E-state index contributed by atoms with van der Waals surface area (Å²) in [7, 11) is 3.61. The Bertz CT molecular complexity index is 1320. The third-order valence-electron chi connectivity index (χ3n) is 8.28. The SMILES string of the molecule is COc1cncc2c1[C@]1(O)[C@H](O)[C@H](CN(C)C3CC3)[C@@H](c3ccccc3)[C@]1(c1ccc(C#N)cc1)O2. The van der Waals surface area contributed by atoms with E-state index in [0.29, 0.717) is 40.8 Å². The van der Waals surface area contributed by atoms with E-state index in [-0.39, 0.29) is 5.92 Å². The van der Waals surface area contributed by atoms with E-state index in [1.807, 2.05) is 42.5 Å². The monoisotopic (exact) mass is 483 g/mol. The van der Waals surface area contributed by atoms with Gasteiger partial charge in [-0.15, -0.1) is 0 Å². The molecule has 1 aromatic heterocycles. The number of aliphatic hydroxyl groups excluding tert-OH is 1. The molecule has 7 heteroatoms. The first kappa shape index (κ1) is 23.0. The Labute approximate surface area is 210 Å². The Kier molecular flexibility index (Phi) is 5.31. The molecule has 2 aliphatic carbocycles. The molecule has 0 spiro atoms. The number of methoxy groups -OCH3 is 1. The first-order chi connectivity index (χ1) is 17.5. The molecule has 36 heavy (non-hydrogen) atoms. The van der Waals surface area contributed by atoms with Gasteiger partial charge >= 0.3 is 0 Å². The van der Waals surface area contributed by atoms with Crippen LogP contribution in [-0.2, 0) is 11.2 Å². The minimum Gasteiger partial charge on any atom is -0.495 e. The number of ether oxygens (including phenoxy) is 2. The van der Waals surface area contributed by atoms with Crippen LogP contribution in [0.4, 0.5) is 0 Å². The zero-order valence-corrected chi connectivity index (χ0v) is 20.3. The third-order valence-corrected chi connectivity index (χ3v) is 8.28. The zero-order chi connectivity index (χ0) is 25.1. The minimum atomic E-state index is -1.82. The second kappa shape index (κ2) is 8.31. The number of nitrogens with zero attached hydrogens (tertiary/aromatic N) is 3. The van der Waals surface area contributed by atoms with E-state index in [1.54, 1.807) is 24.5 Å². The molecule has 0 amide bonds. The summed E-state index contributed by atoms with van der Waals surface area (Å²) in [5.74, 6) is 0.0115. The van der Waals surface area contributed by atoms with Crippen molar-refractivity contribution >= 4 is 0 Å². The Morgan fingerprint density at radius 3 is 2.50 bits per heavy atom. The van der Waals surface area contributed by atoms with Crippen LogP contribution in [0.25, 0.3) is 0 Å². The summed E-state index contributed by atoms with van der Waals surface area (Å²) in [6.45, 7) is 0.595. The predicted octanol–water partition coefficient (Wildman–Crippen LogP) is 3.31. The highest BCUT2D eigenvalue weighted by molar-refractivity contribution is 5.59. The smallest absolute Gasteiger partial charge is 0.177 e. The van der Waals surface area contributed by atoms with E-state index in [0.717, 1.165) is 18.4 Å². The van der Waals surface area contributed by atoms with Crippen LogP contribution in [0.3, 0.4) is 0 Å². The van der Waals surface area contributed by atoms with Crippen LogP contribution >= 0.6 is 0 Å². The summed E-state index contributed by atoms with van der Waals surface area (Å²) in [6.07, 6.45) is 4.23. The molecule has 184 valence electrons. The Balaban J connectivity index is 1.63. The Hall–Kier alpha value is -3.44. The fraction of sp³-hybridized carbons (Fsp3) is 0.379. The van der Waals surface area contributed by atoms with Gasteiger partial charge in [-0.25, -0.2) is 0 Å². The van der Waals surface area contributed by atoms with Crippen molar-refractivity contribution in [2.75, 3.05) is 20.7 Å². The summed E-state index contributed by atoms with van der Waals surface area (Å²) in [5, 5.41) is 34.3. The lowest BCUT2D eigenvalue weighted by molar-refractivity contribution is -0.152. The molecule has 2 N–H and O–H groups in total. The average Bonchev–Trinajstić information content (AvgIpc) is 3.71. The number of rotatable bonds is 6. The van der Waals surface area contributed by atoms with Gasteiger partial charge in [0.2, 0.25) is 0 Å². The first-order valence-corrected chi connectivity index (χ1v) is 12.3. The van der Waals surface area contributed by atoms with Crippen LogP contribution in [0.1, 0.15) is 41.0 Å². The fourth-order valence-corrected chi connectivity index (χ4v) is 6.52. The third kappa shape index (κ3) is 3.05. The number of pyridine rings is 1. The van der Waals surface area contributed by atoms with E-state index in [9.17, 15) is 15.5 Å². The molecule has 2 saturated carbocycles. The van der Waals surface area contributed by atoms with Gasteiger partial charge in [0, 0.05) is 24.4 Å². The van der Waals surface area contributed by atoms with Crippen LogP contribution < -0.4 is 9.47 Å². The first-order valence-electron chi connectivity index (χ1n) is 12.3. The molecule has 2 heterocycles. The van der Waals surface area contributed by atoms with Crippen molar-refractivity contribution in [3.05, 3.63) is 89.2 Å². The highest BCUT2D eigenvalue weighted by Crippen LogP contribution is 2.69. The van der Waals surface area contributed by atoms with Crippen molar-refractivity contribution in [2.45, 2.75) is 42.1 Å². The topological polar surface area (TPSA) is 98.8 Å². The number of benzene rings is 2. The summed E-state index contributed by atoms with van der Waals surface area (Å²) < 4.78 is 12.4. The number of aromatic nitrogens is 1. The zero-order valence-electron chi connectivity index (χ0n) is 20.3. The van der Waals surface area contributed by atoms with Gasteiger partial charge in [0.25, 0.3) is 0 Å². The molecule has 0 unspecified atom stereocenters. The van der Waals surface area contributed by atoms with Gasteiger partial charge < -0.3 is 24.6 Å². The van der Waals surface area contributed by atoms with E-state index in [2.05, 4.69) is 23.0 Å². The molecule has 0 saturated heterocycles. The van der Waals surface area contributed by atoms with Crippen molar-refractivity contribution in [2.24, 2.45) is 5.92 Å². The maximum absolute atomic E-state index is 12.8. The number of hydrogen-bond acceptors (Lipinski definition) is 7. The van der Waals surface area contributed by atoms with E-state index in [4.69, 9.17) is 9.47 Å². The molecule has 0 radical (unpaired) electrons. The van der Waals surface area contributed by atoms with Gasteiger partial charge in [0.05, 0.1) is 42.8 Å². The van der Waals surface area contributed by atoms with Crippen molar-refractivity contribution in [3.63, 3.8) is 0 Å². The summed E-state index contributed by atoms with van der Waals surface area (Å²) in [5.41, 5.74) is -0.615. The molecule has 6 rings (SSSR count). The van der Waals surface area contributed by atoms with Crippen molar-refractivity contribution in [1.29, 1.82) is 5.26 Å². The van der Waals surface area contributed by atoms with E-state index in [1.165, 1.54) is 7.11 Å². The molecule has 7 nitrogen and oxygen atoms in total. The van der Waals surface area contributed by atoms with Gasteiger partial charge in [-0.3, -0.25) is 4.98 Å². The second-order valence-corrected chi connectivity index (χ2v) is 10.2. The number of fused-ring (bicyclic) bond motifs is 3. The predicted molar refractivity (Wildman–Crippen MR) is 132 cm³/mol. The summed E-state index contributed by atoms with van der Waals surface area (Å²) in [4.78, 5) is 6.55. The van der Waals surface area contributed by atoms with Gasteiger partial charge in [0.15, 0.2) is 11.2 Å². The van der Waals surface area contributed by atoms with E-state index < -0.39 is 23.2 Å². The largest absolute Gasteiger partial charge is 0.495 e. The molecule has 2 aromatic carbocycles. The van der Waals surface area contributed by atoms with Gasteiger partial charge in [-0.05, 0) is 43.1 Å². The van der Waals surface area contributed by atoms with Crippen molar-refractivity contribution in [1.82, 2.24) is 9.88 Å². The molecule has 5 atom stereocenters. The Morgan fingerprint density at radius 1 is 1.14 bits per heavy atom. The molecule has 0 bridgehead atoms. The van der Waals surface area contributed by atoms with Crippen molar-refractivity contribution < 1.29 is 19.7 Å². The van der Waals surface area contributed by atoms with Crippen molar-refractivity contribution in [3.8, 4) is 17.6 Å². The molecular formula is C29H29N3O4. The van der Waals surface area contributed by atoms with Crippen LogP contribution in [0, 0.1) is 17.2 Å². The summed E-state index contributed by atoms with van der Waals surface area (Å²) in [6, 6.07) is 19.7. The van der Waals surface area contributed by atoms with Crippen LogP contribution in [0.15, 0.2) is 67.0 Å². The number of hydrogen-bond donors (Lipinski definition) is 2. The van der Waals surface area contributed by atoms with Crippen LogP contribution in [-0.4, -0.2) is 52.9 Å². The molecule has 3 aromatic rings. The quantitative estimate of drug-likeness (QED) is 0.555. The lowest BCUT2D eigenvalue weighted by Crippen LogP contribution is -2.52.